The van der Waals surface area contributed by atoms with Gasteiger partial charge in [-0.1, -0.05) is 12.1 Å². The fraction of sp³-hybridized carbons (Fsp3) is 0.240. The molecule has 1 N–H and O–H groups in total. The molecule has 0 aliphatic carbocycles. The molecule has 1 atom stereocenters. The Bertz CT molecular complexity index is 1720. The van der Waals surface area contributed by atoms with E-state index in [9.17, 15) is 22.8 Å². The number of hydrogen-bond acceptors (Lipinski definition) is 5. The summed E-state index contributed by atoms with van der Waals surface area (Å²) in [4.78, 5) is 35.1. The zero-order valence-electron chi connectivity index (χ0n) is 20.1. The van der Waals surface area contributed by atoms with Crippen LogP contribution in [0.25, 0.3) is 33.6 Å². The maximum Gasteiger partial charge on any atom is 0.408 e. The van der Waals surface area contributed by atoms with E-state index in [0.717, 1.165) is 18.1 Å². The number of carbonyl (C=O) groups excluding carboxylic acids is 1. The predicted octanol–water partition coefficient (Wildman–Crippen LogP) is 3.58. The number of benzene rings is 1. The van der Waals surface area contributed by atoms with Crippen LogP contribution in [0.5, 0.6) is 0 Å². The molecule has 0 spiro atoms. The molecule has 0 radical (unpaired) electrons. The molecule has 5 rings (SSSR count). The fourth-order valence-corrected chi connectivity index (χ4v) is 4.31. The topological polar surface area (TPSA) is 99.1 Å². The maximum absolute atomic E-state index is 13.6. The first kappa shape index (κ1) is 24.2. The number of hydrogen-bond donors (Lipinski definition) is 1. The minimum atomic E-state index is -4.59. The molecule has 5 aromatic rings. The molecule has 0 saturated carbocycles. The molecule has 0 aliphatic rings. The monoisotopic (exact) mass is 509 g/mol. The standard InChI is InChI=1S/C25H22F3N7O2/c1-14-6-4-7-20-22(14)35(24(37)33(20)13-21(36)32-16(3)25(26,27)28)19-9-8-18(31-15(19)2)17-12-30-34-11-5-10-29-23(17)34/h4-12,16H,13H2,1-3H3,(H,32,36). The lowest BCUT2D eigenvalue weighted by atomic mass is 10.1. The average Bonchev–Trinajstić information content (AvgIpc) is 3.39. The SMILES string of the molecule is Cc1nc(-c2cnn3cccnc23)ccc1-n1c(=O)n(CC(=O)NC(C)C(F)(F)F)c2cccc(C)c21. The van der Waals surface area contributed by atoms with Gasteiger partial charge in [-0.2, -0.15) is 18.3 Å². The van der Waals surface area contributed by atoms with Crippen LogP contribution in [-0.2, 0) is 11.3 Å². The average molecular weight is 509 g/mol. The second kappa shape index (κ2) is 8.87. The van der Waals surface area contributed by atoms with Gasteiger partial charge in [0.15, 0.2) is 5.65 Å². The first-order valence-electron chi connectivity index (χ1n) is 11.4. The molecule has 1 unspecified atom stereocenters. The maximum atomic E-state index is 13.6. The van der Waals surface area contributed by atoms with E-state index in [1.54, 1.807) is 60.4 Å². The van der Waals surface area contributed by atoms with Crippen LogP contribution in [0, 0.1) is 13.8 Å². The summed E-state index contributed by atoms with van der Waals surface area (Å²) >= 11 is 0. The Hall–Kier alpha value is -4.48. The Morgan fingerprint density at radius 2 is 1.92 bits per heavy atom. The summed E-state index contributed by atoms with van der Waals surface area (Å²) in [6.45, 7) is 3.86. The van der Waals surface area contributed by atoms with Crippen molar-refractivity contribution < 1.29 is 18.0 Å². The molecule has 1 aromatic carbocycles. The van der Waals surface area contributed by atoms with Crippen LogP contribution in [0.3, 0.4) is 0 Å². The number of fused-ring (bicyclic) bond motifs is 2. The second-order valence-electron chi connectivity index (χ2n) is 8.72. The molecule has 0 aliphatic heterocycles. The van der Waals surface area contributed by atoms with Gasteiger partial charge in [-0.05, 0) is 50.6 Å². The lowest BCUT2D eigenvalue weighted by Crippen LogP contribution is -2.45. The Labute approximate surface area is 208 Å². The third kappa shape index (κ3) is 4.24. The minimum absolute atomic E-state index is 0.426. The quantitative estimate of drug-likeness (QED) is 0.391. The van der Waals surface area contributed by atoms with Crippen LogP contribution in [0.2, 0.25) is 0 Å². The molecule has 4 aromatic heterocycles. The molecule has 12 heteroatoms. The van der Waals surface area contributed by atoms with E-state index in [2.05, 4.69) is 15.1 Å². The summed E-state index contributed by atoms with van der Waals surface area (Å²) in [6.07, 6.45) is 0.499. The largest absolute Gasteiger partial charge is 0.408 e. The first-order chi connectivity index (χ1) is 17.6. The van der Waals surface area contributed by atoms with Crippen molar-refractivity contribution in [3.8, 4) is 16.9 Å². The molecule has 37 heavy (non-hydrogen) atoms. The van der Waals surface area contributed by atoms with Crippen LogP contribution in [0.1, 0.15) is 18.2 Å². The number of pyridine rings is 1. The number of aromatic nitrogens is 6. The van der Waals surface area contributed by atoms with Gasteiger partial charge >= 0.3 is 11.9 Å². The van der Waals surface area contributed by atoms with Crippen molar-refractivity contribution in [1.29, 1.82) is 0 Å². The Kier molecular flexibility index (Phi) is 5.81. The van der Waals surface area contributed by atoms with Crippen molar-refractivity contribution in [2.24, 2.45) is 0 Å². The Balaban J connectivity index is 1.59. The predicted molar refractivity (Wildman–Crippen MR) is 130 cm³/mol. The highest BCUT2D eigenvalue weighted by Gasteiger charge is 2.37. The molecule has 0 saturated heterocycles. The molecule has 190 valence electrons. The van der Waals surface area contributed by atoms with Gasteiger partial charge in [-0.3, -0.25) is 18.9 Å². The van der Waals surface area contributed by atoms with E-state index in [0.29, 0.717) is 33.8 Å². The van der Waals surface area contributed by atoms with Gasteiger partial charge in [0.1, 0.15) is 12.6 Å². The molecular formula is C25H22F3N7O2. The third-order valence-electron chi connectivity index (χ3n) is 6.18. The number of imidazole rings is 1. The van der Waals surface area contributed by atoms with Crippen LogP contribution in [0.15, 0.2) is 59.8 Å². The molecule has 4 heterocycles. The van der Waals surface area contributed by atoms with Crippen molar-refractivity contribution >= 4 is 22.6 Å². The number of para-hydroxylation sites is 1. The van der Waals surface area contributed by atoms with E-state index >= 15 is 0 Å². The van der Waals surface area contributed by atoms with Crippen molar-refractivity contribution in [1.82, 2.24) is 34.0 Å². The number of halogens is 3. The number of carbonyl (C=O) groups is 1. The van der Waals surface area contributed by atoms with Gasteiger partial charge in [-0.15, -0.1) is 0 Å². The fourth-order valence-electron chi connectivity index (χ4n) is 4.31. The van der Waals surface area contributed by atoms with Gasteiger partial charge in [0.2, 0.25) is 5.91 Å². The Morgan fingerprint density at radius 3 is 2.65 bits per heavy atom. The van der Waals surface area contributed by atoms with Crippen molar-refractivity contribution in [2.45, 2.75) is 39.5 Å². The van der Waals surface area contributed by atoms with Gasteiger partial charge in [-0.25, -0.2) is 14.3 Å². The van der Waals surface area contributed by atoms with Crippen molar-refractivity contribution in [3.63, 3.8) is 0 Å². The highest BCUT2D eigenvalue weighted by molar-refractivity contribution is 5.84. The number of nitrogens with one attached hydrogen (secondary N) is 1. The smallest absolute Gasteiger partial charge is 0.343 e. The molecule has 0 fully saturated rings. The van der Waals surface area contributed by atoms with E-state index in [1.165, 1.54) is 9.13 Å². The minimum Gasteiger partial charge on any atom is -0.343 e. The summed E-state index contributed by atoms with van der Waals surface area (Å²) in [6, 6.07) is 8.41. The zero-order valence-corrected chi connectivity index (χ0v) is 20.1. The lowest BCUT2D eigenvalue weighted by Gasteiger charge is -2.17. The molecule has 9 nitrogen and oxygen atoms in total. The number of alkyl halides is 3. The van der Waals surface area contributed by atoms with E-state index in [1.807, 2.05) is 18.3 Å². The Morgan fingerprint density at radius 1 is 1.14 bits per heavy atom. The second-order valence-corrected chi connectivity index (χ2v) is 8.72. The van der Waals surface area contributed by atoms with Crippen LogP contribution < -0.4 is 11.0 Å². The summed E-state index contributed by atoms with van der Waals surface area (Å²) < 4.78 is 43.0. The molecule has 0 bridgehead atoms. The highest BCUT2D eigenvalue weighted by atomic mass is 19.4. The number of aryl methyl sites for hydroxylation is 2. The summed E-state index contributed by atoms with van der Waals surface area (Å²) in [5.74, 6) is -0.918. The lowest BCUT2D eigenvalue weighted by molar-refractivity contribution is -0.158. The number of nitrogens with zero attached hydrogens (tertiary/aromatic N) is 6. The van der Waals surface area contributed by atoms with Gasteiger partial charge in [0, 0.05) is 12.4 Å². The van der Waals surface area contributed by atoms with Gasteiger partial charge in [0.05, 0.1) is 39.9 Å². The van der Waals surface area contributed by atoms with Crippen LogP contribution in [-0.4, -0.2) is 46.8 Å². The van der Waals surface area contributed by atoms with Gasteiger partial charge in [0.25, 0.3) is 0 Å². The number of rotatable bonds is 5. The summed E-state index contributed by atoms with van der Waals surface area (Å²) in [7, 11) is 0. The first-order valence-corrected chi connectivity index (χ1v) is 11.4. The van der Waals surface area contributed by atoms with E-state index in [-0.39, 0.29) is 0 Å². The zero-order chi connectivity index (χ0) is 26.5. The summed E-state index contributed by atoms with van der Waals surface area (Å²) in [5, 5.41) is 6.20. The van der Waals surface area contributed by atoms with Crippen molar-refractivity contribution in [3.05, 3.63) is 76.7 Å². The van der Waals surface area contributed by atoms with Gasteiger partial charge < -0.3 is 5.32 Å². The summed E-state index contributed by atoms with van der Waals surface area (Å²) in [5.41, 5.74) is 4.15. The van der Waals surface area contributed by atoms with E-state index < -0.39 is 30.4 Å². The van der Waals surface area contributed by atoms with E-state index in [4.69, 9.17) is 0 Å². The van der Waals surface area contributed by atoms with Crippen LogP contribution in [0.4, 0.5) is 13.2 Å². The third-order valence-corrected chi connectivity index (χ3v) is 6.18. The molecule has 1 amide bonds. The van der Waals surface area contributed by atoms with Crippen LogP contribution >= 0.6 is 0 Å². The highest BCUT2D eigenvalue weighted by Crippen LogP contribution is 2.27. The normalized spacial score (nSPS) is 12.8. The molecular weight excluding hydrogens is 487 g/mol. The number of amides is 1. The van der Waals surface area contributed by atoms with Crippen molar-refractivity contribution in [2.75, 3.05) is 0 Å².